The fourth-order valence-electron chi connectivity index (χ4n) is 6.18. The van der Waals surface area contributed by atoms with Crippen molar-refractivity contribution in [3.05, 3.63) is 83.0 Å². The minimum atomic E-state index is -0.319. The molecular weight excluding hydrogens is 556 g/mol. The quantitative estimate of drug-likeness (QED) is 0.333. The Balaban J connectivity index is 1.15. The summed E-state index contributed by atoms with van der Waals surface area (Å²) in [6.07, 6.45) is 2.44. The number of fused-ring (bicyclic) bond motifs is 6. The lowest BCUT2D eigenvalue weighted by Crippen LogP contribution is -2.44. The molecular formula is C32H27ClN4O5. The Kier molecular flexibility index (Phi) is 6.46. The van der Waals surface area contributed by atoms with Crippen LogP contribution in [-0.4, -0.2) is 65.2 Å². The van der Waals surface area contributed by atoms with Crippen LogP contribution in [0.3, 0.4) is 0 Å². The smallest absolute Gasteiger partial charge is 0.275 e. The number of aliphatic imine (C=N–C) groups is 1. The maximum Gasteiger partial charge on any atom is 0.275 e. The zero-order valence-corrected chi connectivity index (χ0v) is 23.5. The molecule has 3 aliphatic rings. The molecule has 1 N–H and O–H groups in total. The molecule has 4 heterocycles. The zero-order valence-electron chi connectivity index (χ0n) is 22.8. The highest BCUT2D eigenvalue weighted by Gasteiger charge is 2.36. The van der Waals surface area contributed by atoms with E-state index in [0.717, 1.165) is 16.5 Å². The van der Waals surface area contributed by atoms with E-state index in [9.17, 15) is 14.7 Å². The molecule has 0 fully saturated rings. The molecule has 212 valence electrons. The molecule has 3 aliphatic heterocycles. The number of amides is 2. The van der Waals surface area contributed by atoms with E-state index in [1.807, 2.05) is 42.5 Å². The van der Waals surface area contributed by atoms with Gasteiger partial charge >= 0.3 is 0 Å². The highest BCUT2D eigenvalue weighted by molar-refractivity contribution is 6.19. The predicted molar refractivity (Wildman–Crippen MR) is 160 cm³/mol. The molecule has 0 bridgehead atoms. The SMILES string of the molecule is COc1nc2c(cc1OCC(=O)N1C[C@@H](CCl)c3c1cc(O)c1ccccc31)N=C[C@@H]1Cc3ccccc3CN1C2=O. The number of nitrogens with zero attached hydrogens (tertiary/aromatic N) is 4. The van der Waals surface area contributed by atoms with Crippen molar-refractivity contribution in [2.75, 3.05) is 31.0 Å². The Morgan fingerprint density at radius 3 is 2.64 bits per heavy atom. The van der Waals surface area contributed by atoms with Gasteiger partial charge in [-0.25, -0.2) is 4.98 Å². The molecule has 0 aliphatic carbocycles. The van der Waals surface area contributed by atoms with Gasteiger partial charge in [-0.15, -0.1) is 11.6 Å². The molecule has 0 unspecified atom stereocenters. The second kappa shape index (κ2) is 10.3. The monoisotopic (exact) mass is 582 g/mol. The van der Waals surface area contributed by atoms with Crippen LogP contribution in [0.25, 0.3) is 10.8 Å². The van der Waals surface area contributed by atoms with Gasteiger partial charge in [0.25, 0.3) is 17.7 Å². The van der Waals surface area contributed by atoms with Gasteiger partial charge in [-0.1, -0.05) is 48.5 Å². The summed E-state index contributed by atoms with van der Waals surface area (Å²) in [6.45, 7) is 0.514. The molecule has 0 saturated carbocycles. The van der Waals surface area contributed by atoms with Crippen molar-refractivity contribution in [2.24, 2.45) is 4.99 Å². The van der Waals surface area contributed by atoms with Crippen LogP contribution in [0.4, 0.5) is 11.4 Å². The first-order chi connectivity index (χ1) is 20.5. The standard InChI is InChI=1S/C32H27ClN4O5/c1-41-31-27(11-24-30(35-31)32(40)36-15-19-7-3-2-6-18(19)10-21(36)14-34-24)42-17-28(39)37-16-20(13-33)29-23-9-5-4-8-22(23)26(38)12-25(29)37/h2-9,11-12,14,20-21,38H,10,13,15-17H2,1H3/t20-,21+/m1/s1. The van der Waals surface area contributed by atoms with Crippen molar-refractivity contribution >= 4 is 51.8 Å². The van der Waals surface area contributed by atoms with Crippen molar-refractivity contribution in [1.82, 2.24) is 9.88 Å². The van der Waals surface area contributed by atoms with Gasteiger partial charge in [0.05, 0.1) is 24.5 Å². The van der Waals surface area contributed by atoms with Crippen LogP contribution in [-0.2, 0) is 17.8 Å². The number of aromatic nitrogens is 1. The summed E-state index contributed by atoms with van der Waals surface area (Å²) in [5.41, 5.74) is 4.37. The number of methoxy groups -OCH3 is 1. The van der Waals surface area contributed by atoms with E-state index < -0.39 is 0 Å². The maximum atomic E-state index is 13.6. The van der Waals surface area contributed by atoms with Gasteiger partial charge in [0.15, 0.2) is 18.1 Å². The second-order valence-corrected chi connectivity index (χ2v) is 10.9. The number of carbonyl (C=O) groups excluding carboxylic acids is 2. The first-order valence-corrected chi connectivity index (χ1v) is 14.2. The van der Waals surface area contributed by atoms with Crippen LogP contribution < -0.4 is 14.4 Å². The average molecular weight is 583 g/mol. The van der Waals surface area contributed by atoms with E-state index in [-0.39, 0.29) is 53.5 Å². The largest absolute Gasteiger partial charge is 0.507 e. The minimum absolute atomic E-state index is 0.0880. The average Bonchev–Trinajstić information content (AvgIpc) is 3.34. The number of phenolic OH excluding ortho intramolecular Hbond substituents is 1. The molecule has 10 heteroatoms. The number of alkyl halides is 1. The zero-order chi connectivity index (χ0) is 29.0. The molecule has 2 atom stereocenters. The Bertz CT molecular complexity index is 1790. The number of hydrogen-bond donors (Lipinski definition) is 1. The number of hydrogen-bond acceptors (Lipinski definition) is 7. The summed E-state index contributed by atoms with van der Waals surface area (Å²) in [5, 5.41) is 12.3. The molecule has 0 spiro atoms. The molecule has 0 saturated heterocycles. The van der Waals surface area contributed by atoms with E-state index in [1.54, 1.807) is 28.1 Å². The Morgan fingerprint density at radius 2 is 1.86 bits per heavy atom. The summed E-state index contributed by atoms with van der Waals surface area (Å²) in [5.74, 6) is 0.0595. The van der Waals surface area contributed by atoms with Crippen molar-refractivity contribution in [3.8, 4) is 17.4 Å². The van der Waals surface area contributed by atoms with Crippen molar-refractivity contribution in [3.63, 3.8) is 0 Å². The number of phenols is 1. The fraction of sp³-hybridized carbons (Fsp3) is 0.250. The Labute approximate surface area is 247 Å². The summed E-state index contributed by atoms with van der Waals surface area (Å²) in [7, 11) is 1.43. The van der Waals surface area contributed by atoms with Crippen LogP contribution >= 0.6 is 11.6 Å². The van der Waals surface area contributed by atoms with Gasteiger partial charge in [0.2, 0.25) is 0 Å². The molecule has 1 aromatic heterocycles. The fourth-order valence-corrected chi connectivity index (χ4v) is 6.44. The maximum absolute atomic E-state index is 13.6. The van der Waals surface area contributed by atoms with Crippen LogP contribution in [0.1, 0.15) is 33.1 Å². The predicted octanol–water partition coefficient (Wildman–Crippen LogP) is 4.98. The molecule has 2 amide bonds. The molecule has 3 aromatic carbocycles. The Morgan fingerprint density at radius 1 is 1.10 bits per heavy atom. The Hall–Kier alpha value is -4.63. The van der Waals surface area contributed by atoms with Crippen molar-refractivity contribution in [2.45, 2.75) is 24.9 Å². The van der Waals surface area contributed by atoms with Gasteiger partial charge < -0.3 is 24.4 Å². The van der Waals surface area contributed by atoms with Gasteiger partial charge in [-0.05, 0) is 28.5 Å². The lowest BCUT2D eigenvalue weighted by molar-refractivity contribution is -0.120. The number of carbonyl (C=O) groups is 2. The van der Waals surface area contributed by atoms with E-state index in [4.69, 9.17) is 21.1 Å². The summed E-state index contributed by atoms with van der Waals surface area (Å²) in [4.78, 5) is 39.5. The third kappa shape index (κ3) is 4.23. The number of benzene rings is 3. The number of anilines is 1. The first-order valence-electron chi connectivity index (χ1n) is 13.7. The highest BCUT2D eigenvalue weighted by atomic mass is 35.5. The molecule has 0 radical (unpaired) electrons. The molecule has 42 heavy (non-hydrogen) atoms. The first kappa shape index (κ1) is 26.3. The number of rotatable bonds is 5. The van der Waals surface area contributed by atoms with E-state index in [2.05, 4.69) is 16.0 Å². The van der Waals surface area contributed by atoms with Crippen molar-refractivity contribution in [1.29, 1.82) is 0 Å². The van der Waals surface area contributed by atoms with Gasteiger partial charge in [-0.3, -0.25) is 14.6 Å². The van der Waals surface area contributed by atoms with Crippen LogP contribution in [0.15, 0.2) is 65.7 Å². The van der Waals surface area contributed by atoms with E-state index >= 15 is 0 Å². The lowest BCUT2D eigenvalue weighted by Gasteiger charge is -2.33. The number of ether oxygens (including phenoxy) is 2. The number of pyridine rings is 1. The number of aromatic hydroxyl groups is 1. The summed E-state index contributed by atoms with van der Waals surface area (Å²) >= 11 is 6.32. The van der Waals surface area contributed by atoms with Crippen LogP contribution in [0.2, 0.25) is 0 Å². The van der Waals surface area contributed by atoms with Crippen LogP contribution in [0, 0.1) is 0 Å². The van der Waals surface area contributed by atoms with Gasteiger partial charge in [-0.2, -0.15) is 0 Å². The highest BCUT2D eigenvalue weighted by Crippen LogP contribution is 2.45. The molecule has 9 nitrogen and oxygen atoms in total. The molecule has 7 rings (SSSR count). The van der Waals surface area contributed by atoms with Gasteiger partial charge in [0, 0.05) is 48.6 Å². The third-order valence-corrected chi connectivity index (χ3v) is 8.62. The van der Waals surface area contributed by atoms with Gasteiger partial charge in [0.1, 0.15) is 5.75 Å². The lowest BCUT2D eigenvalue weighted by atomic mass is 9.94. The van der Waals surface area contributed by atoms with Crippen molar-refractivity contribution < 1.29 is 24.2 Å². The minimum Gasteiger partial charge on any atom is -0.507 e. The second-order valence-electron chi connectivity index (χ2n) is 10.6. The molecule has 4 aromatic rings. The third-order valence-electron chi connectivity index (χ3n) is 8.25. The number of halogens is 1. The normalized spacial score (nSPS) is 18.7. The van der Waals surface area contributed by atoms with E-state index in [0.29, 0.717) is 42.2 Å². The van der Waals surface area contributed by atoms with Crippen LogP contribution in [0.5, 0.6) is 17.4 Å². The summed E-state index contributed by atoms with van der Waals surface area (Å²) < 4.78 is 11.4. The summed E-state index contributed by atoms with van der Waals surface area (Å²) in [6, 6.07) is 18.6. The van der Waals surface area contributed by atoms with E-state index in [1.165, 1.54) is 12.7 Å². The topological polar surface area (TPSA) is 105 Å².